The number of ether oxygens (including phenoxy) is 6. The summed E-state index contributed by atoms with van der Waals surface area (Å²) >= 11 is 0. The van der Waals surface area contributed by atoms with Crippen molar-refractivity contribution in [1.29, 1.82) is 0 Å². The zero-order chi connectivity index (χ0) is 20.5. The molecule has 6 heteroatoms. The second-order valence-electron chi connectivity index (χ2n) is 5.91. The topological polar surface area (TPSA) is 55.4 Å². The zero-order valence-electron chi connectivity index (χ0n) is 17.9. The highest BCUT2D eigenvalue weighted by atomic mass is 16.6. The van der Waals surface area contributed by atoms with E-state index in [-0.39, 0.29) is 0 Å². The fourth-order valence-electron chi connectivity index (χ4n) is 3.24. The zero-order valence-corrected chi connectivity index (χ0v) is 17.9. The molecule has 157 valence electrons. The van der Waals surface area contributed by atoms with Gasteiger partial charge in [0.2, 0.25) is 5.75 Å². The van der Waals surface area contributed by atoms with Gasteiger partial charge in [-0.1, -0.05) is 0 Å². The number of benzene rings is 1. The van der Waals surface area contributed by atoms with Gasteiger partial charge in [-0.05, 0) is 53.2 Å². The minimum absolute atomic E-state index is 0.442. The Bertz CT molecular complexity index is 667. The smallest absolute Gasteiger partial charge is 0.203 e. The van der Waals surface area contributed by atoms with E-state index in [1.54, 1.807) is 0 Å². The lowest BCUT2D eigenvalue weighted by molar-refractivity contribution is 0.0223. The molecule has 0 bridgehead atoms. The van der Waals surface area contributed by atoms with Crippen LogP contribution in [0.15, 0.2) is 17.6 Å². The van der Waals surface area contributed by atoms with E-state index in [9.17, 15) is 0 Å². The molecular formula is C22H33O6. The highest BCUT2D eigenvalue weighted by Gasteiger charge is 2.37. The first kappa shape index (κ1) is 22.2. The molecule has 6 nitrogen and oxygen atoms in total. The summed E-state index contributed by atoms with van der Waals surface area (Å²) in [6.07, 6.45) is 1.52. The number of hydrogen-bond donors (Lipinski definition) is 0. The van der Waals surface area contributed by atoms with Gasteiger partial charge in [0.1, 0.15) is 11.9 Å². The normalized spacial score (nSPS) is 15.9. The highest BCUT2D eigenvalue weighted by molar-refractivity contribution is 5.65. The van der Waals surface area contributed by atoms with Gasteiger partial charge in [0.25, 0.3) is 0 Å². The summed E-state index contributed by atoms with van der Waals surface area (Å²) < 4.78 is 35.8. The van der Waals surface area contributed by atoms with Crippen molar-refractivity contribution in [2.24, 2.45) is 0 Å². The first-order chi connectivity index (χ1) is 13.7. The van der Waals surface area contributed by atoms with Gasteiger partial charge in [0, 0.05) is 12.2 Å². The maximum absolute atomic E-state index is 6.11. The second kappa shape index (κ2) is 11.1. The Balaban J connectivity index is 2.72. The summed E-state index contributed by atoms with van der Waals surface area (Å²) in [5.74, 6) is 3.20. The van der Waals surface area contributed by atoms with Crippen molar-refractivity contribution < 1.29 is 28.4 Å². The van der Waals surface area contributed by atoms with Gasteiger partial charge in [0.15, 0.2) is 17.3 Å². The lowest BCUT2D eigenvalue weighted by atomic mass is 9.90. The Labute approximate surface area is 168 Å². The molecule has 0 saturated heterocycles. The molecule has 0 aromatic heterocycles. The molecule has 1 radical (unpaired) electrons. The van der Waals surface area contributed by atoms with Crippen molar-refractivity contribution in [3.8, 4) is 17.2 Å². The first-order valence-electron chi connectivity index (χ1n) is 10.2. The molecule has 0 amide bonds. The molecule has 0 aliphatic heterocycles. The molecule has 1 atom stereocenters. The van der Waals surface area contributed by atoms with E-state index >= 15 is 0 Å². The summed E-state index contributed by atoms with van der Waals surface area (Å²) in [5.41, 5.74) is 1.79. The van der Waals surface area contributed by atoms with E-state index in [0.717, 1.165) is 11.1 Å². The Morgan fingerprint density at radius 3 is 1.86 bits per heavy atom. The molecular weight excluding hydrogens is 360 g/mol. The molecule has 0 N–H and O–H groups in total. The van der Waals surface area contributed by atoms with Gasteiger partial charge in [-0.2, -0.15) is 0 Å². The first-order valence-corrected chi connectivity index (χ1v) is 10.2. The SMILES string of the molecule is CCOC1=C(OCC)C(OCC)c2c(cc(OCC)c(OCC)c2OCC)[CH]1. The van der Waals surface area contributed by atoms with Gasteiger partial charge in [-0.3, -0.25) is 0 Å². The standard InChI is InChI=1S/C22H33O6/c1-7-23-16-13-15-14-17(24-8-2)20(26-10-4)22(28-12-6)18(15)21(27-11-5)19(16)25-9-3/h13-14,21H,7-12H2,1-6H3. The van der Waals surface area contributed by atoms with Crippen LogP contribution in [0.5, 0.6) is 17.2 Å². The van der Waals surface area contributed by atoms with Crippen LogP contribution in [-0.4, -0.2) is 39.6 Å². The van der Waals surface area contributed by atoms with E-state index in [1.165, 1.54) is 0 Å². The highest BCUT2D eigenvalue weighted by Crippen LogP contribution is 2.51. The molecule has 28 heavy (non-hydrogen) atoms. The average Bonchev–Trinajstić information content (AvgIpc) is 2.67. The van der Waals surface area contributed by atoms with Gasteiger partial charge in [0.05, 0.1) is 39.5 Å². The Morgan fingerprint density at radius 2 is 1.29 bits per heavy atom. The predicted molar refractivity (Wildman–Crippen MR) is 108 cm³/mol. The van der Waals surface area contributed by atoms with Crippen LogP contribution in [0.3, 0.4) is 0 Å². The number of allylic oxidation sites excluding steroid dienone is 1. The summed E-state index contributed by atoms with van der Waals surface area (Å²) in [5, 5.41) is 0. The third-order valence-electron chi connectivity index (χ3n) is 4.11. The van der Waals surface area contributed by atoms with E-state index < -0.39 is 6.10 Å². The molecule has 0 spiro atoms. The number of hydrogen-bond acceptors (Lipinski definition) is 6. The summed E-state index contributed by atoms with van der Waals surface area (Å²) in [7, 11) is 0. The molecule has 0 saturated carbocycles. The van der Waals surface area contributed by atoms with E-state index in [0.29, 0.717) is 68.4 Å². The largest absolute Gasteiger partial charge is 0.494 e. The monoisotopic (exact) mass is 393 g/mol. The molecule has 1 aromatic carbocycles. The summed E-state index contributed by atoms with van der Waals surface area (Å²) in [4.78, 5) is 0. The minimum Gasteiger partial charge on any atom is -0.494 e. The number of rotatable bonds is 12. The van der Waals surface area contributed by atoms with E-state index in [1.807, 2.05) is 54.0 Å². The van der Waals surface area contributed by atoms with Crippen LogP contribution < -0.4 is 14.2 Å². The molecule has 2 rings (SSSR count). The molecule has 0 fully saturated rings. The fraction of sp³-hybridized carbons (Fsp3) is 0.591. The molecule has 0 heterocycles. The second-order valence-corrected chi connectivity index (χ2v) is 5.91. The Hall–Kier alpha value is -2.08. The molecule has 1 aliphatic carbocycles. The molecule has 1 aliphatic rings. The fourth-order valence-corrected chi connectivity index (χ4v) is 3.24. The Kier molecular flexibility index (Phi) is 8.77. The Morgan fingerprint density at radius 1 is 0.679 bits per heavy atom. The summed E-state index contributed by atoms with van der Waals surface area (Å²) in [6.45, 7) is 14.8. The van der Waals surface area contributed by atoms with Gasteiger partial charge >= 0.3 is 0 Å². The van der Waals surface area contributed by atoms with Crippen LogP contribution in [0.1, 0.15) is 58.8 Å². The van der Waals surface area contributed by atoms with Crippen molar-refractivity contribution in [2.75, 3.05) is 39.6 Å². The van der Waals surface area contributed by atoms with Crippen molar-refractivity contribution >= 4 is 0 Å². The van der Waals surface area contributed by atoms with Gasteiger partial charge in [-0.15, -0.1) is 0 Å². The van der Waals surface area contributed by atoms with Crippen molar-refractivity contribution in [3.63, 3.8) is 0 Å². The van der Waals surface area contributed by atoms with Crippen LogP contribution >= 0.6 is 0 Å². The van der Waals surface area contributed by atoms with Crippen molar-refractivity contribution in [3.05, 3.63) is 35.1 Å². The van der Waals surface area contributed by atoms with Crippen molar-refractivity contribution in [2.45, 2.75) is 47.6 Å². The minimum atomic E-state index is -0.442. The van der Waals surface area contributed by atoms with E-state index in [4.69, 9.17) is 28.4 Å². The summed E-state index contributed by atoms with van der Waals surface area (Å²) in [6, 6.07) is 1.96. The average molecular weight is 394 g/mol. The lowest BCUT2D eigenvalue weighted by Gasteiger charge is -2.32. The van der Waals surface area contributed by atoms with Crippen LogP contribution in [0.25, 0.3) is 0 Å². The van der Waals surface area contributed by atoms with Crippen LogP contribution in [0, 0.1) is 6.42 Å². The van der Waals surface area contributed by atoms with Crippen LogP contribution in [0.4, 0.5) is 0 Å². The van der Waals surface area contributed by atoms with E-state index in [2.05, 4.69) is 0 Å². The van der Waals surface area contributed by atoms with Crippen LogP contribution in [0.2, 0.25) is 0 Å². The van der Waals surface area contributed by atoms with Crippen molar-refractivity contribution in [1.82, 2.24) is 0 Å². The van der Waals surface area contributed by atoms with Crippen LogP contribution in [-0.2, 0) is 14.2 Å². The lowest BCUT2D eigenvalue weighted by Crippen LogP contribution is -2.22. The quantitative estimate of drug-likeness (QED) is 0.508. The predicted octanol–water partition coefficient (Wildman–Crippen LogP) is 4.81. The maximum atomic E-state index is 6.11. The number of fused-ring (bicyclic) bond motifs is 1. The molecule has 1 unspecified atom stereocenters. The molecule has 1 aromatic rings. The van der Waals surface area contributed by atoms with Gasteiger partial charge < -0.3 is 28.4 Å². The van der Waals surface area contributed by atoms with Gasteiger partial charge in [-0.25, -0.2) is 0 Å². The third kappa shape index (κ3) is 4.66. The third-order valence-corrected chi connectivity index (χ3v) is 4.11. The maximum Gasteiger partial charge on any atom is 0.203 e.